The summed E-state index contributed by atoms with van der Waals surface area (Å²) in [5.41, 5.74) is 4.64. The Balaban J connectivity index is 1.62. The van der Waals surface area contributed by atoms with Crippen LogP contribution in [0.4, 0.5) is 5.82 Å². The number of hydrogen-bond donors (Lipinski definition) is 2. The van der Waals surface area contributed by atoms with Gasteiger partial charge in [0.25, 0.3) is 0 Å². The quantitative estimate of drug-likeness (QED) is 0.775. The summed E-state index contributed by atoms with van der Waals surface area (Å²) in [5.74, 6) is 1.04. The van der Waals surface area contributed by atoms with Crippen LogP contribution in [0.1, 0.15) is 36.7 Å². The first-order chi connectivity index (χ1) is 10.8. The summed E-state index contributed by atoms with van der Waals surface area (Å²) in [6.07, 6.45) is 8.98. The SMILES string of the molecule is CCCc1cc(N[C@@H]2CCc3[nH]ncc3C2)n2nccc2n1. The Morgan fingerprint density at radius 3 is 3.32 bits per heavy atom. The van der Waals surface area contributed by atoms with E-state index in [0.717, 1.165) is 49.3 Å². The molecule has 4 rings (SSSR count). The van der Waals surface area contributed by atoms with E-state index < -0.39 is 0 Å². The molecule has 1 aliphatic carbocycles. The molecule has 0 spiro atoms. The van der Waals surface area contributed by atoms with Crippen molar-refractivity contribution in [2.75, 3.05) is 5.32 Å². The topological polar surface area (TPSA) is 70.9 Å². The monoisotopic (exact) mass is 296 g/mol. The van der Waals surface area contributed by atoms with Gasteiger partial charge in [-0.1, -0.05) is 13.3 Å². The molecule has 0 amide bonds. The van der Waals surface area contributed by atoms with Gasteiger partial charge in [0, 0.05) is 29.6 Å². The summed E-state index contributed by atoms with van der Waals surface area (Å²) >= 11 is 0. The van der Waals surface area contributed by atoms with Crippen molar-refractivity contribution in [2.24, 2.45) is 0 Å². The highest BCUT2D eigenvalue weighted by molar-refractivity contribution is 5.50. The second-order valence-electron chi connectivity index (χ2n) is 5.94. The second-order valence-corrected chi connectivity index (χ2v) is 5.94. The molecule has 1 aliphatic rings. The average Bonchev–Trinajstić information content (AvgIpc) is 3.15. The lowest BCUT2D eigenvalue weighted by molar-refractivity contribution is 0.599. The third-order valence-electron chi connectivity index (χ3n) is 4.29. The van der Waals surface area contributed by atoms with Crippen LogP contribution in [-0.4, -0.2) is 30.8 Å². The lowest BCUT2D eigenvalue weighted by Gasteiger charge is -2.24. The molecule has 3 heterocycles. The average molecular weight is 296 g/mol. The van der Waals surface area contributed by atoms with Gasteiger partial charge in [0.15, 0.2) is 5.65 Å². The summed E-state index contributed by atoms with van der Waals surface area (Å²) in [6, 6.07) is 4.50. The van der Waals surface area contributed by atoms with E-state index in [4.69, 9.17) is 0 Å². The van der Waals surface area contributed by atoms with E-state index in [1.165, 1.54) is 11.3 Å². The molecule has 0 aromatic carbocycles. The zero-order valence-electron chi connectivity index (χ0n) is 12.7. The molecular weight excluding hydrogens is 276 g/mol. The number of rotatable bonds is 4. The van der Waals surface area contributed by atoms with Crippen molar-refractivity contribution in [3.05, 3.63) is 41.5 Å². The van der Waals surface area contributed by atoms with Crippen LogP contribution < -0.4 is 5.32 Å². The van der Waals surface area contributed by atoms with E-state index in [1.54, 1.807) is 6.20 Å². The maximum Gasteiger partial charge on any atom is 0.157 e. The number of fused-ring (bicyclic) bond motifs is 2. The highest BCUT2D eigenvalue weighted by atomic mass is 15.3. The number of nitrogens with one attached hydrogen (secondary N) is 2. The molecule has 0 radical (unpaired) electrons. The summed E-state index contributed by atoms with van der Waals surface area (Å²) in [6.45, 7) is 2.18. The van der Waals surface area contributed by atoms with Gasteiger partial charge in [-0.25, -0.2) is 4.98 Å². The van der Waals surface area contributed by atoms with E-state index >= 15 is 0 Å². The molecule has 2 N–H and O–H groups in total. The van der Waals surface area contributed by atoms with E-state index in [-0.39, 0.29) is 0 Å². The number of H-pyrrole nitrogens is 1. The van der Waals surface area contributed by atoms with Crippen LogP contribution in [0.5, 0.6) is 0 Å². The zero-order chi connectivity index (χ0) is 14.9. The predicted octanol–water partition coefficient (Wildman–Crippen LogP) is 2.37. The van der Waals surface area contributed by atoms with Crippen LogP contribution in [0.15, 0.2) is 24.5 Å². The Hall–Kier alpha value is -2.37. The van der Waals surface area contributed by atoms with Crippen molar-refractivity contribution >= 4 is 11.5 Å². The molecule has 3 aromatic rings. The minimum Gasteiger partial charge on any atom is -0.367 e. The highest BCUT2D eigenvalue weighted by Crippen LogP contribution is 2.23. The Morgan fingerprint density at radius 1 is 1.45 bits per heavy atom. The van der Waals surface area contributed by atoms with Crippen molar-refractivity contribution < 1.29 is 0 Å². The number of hydrogen-bond acceptors (Lipinski definition) is 4. The third kappa shape index (κ3) is 2.34. The van der Waals surface area contributed by atoms with Gasteiger partial charge in [0.05, 0.1) is 12.4 Å². The van der Waals surface area contributed by atoms with Gasteiger partial charge in [-0.05, 0) is 31.2 Å². The number of aryl methyl sites for hydroxylation is 2. The van der Waals surface area contributed by atoms with Crippen LogP contribution in [0.3, 0.4) is 0 Å². The molecule has 6 nitrogen and oxygen atoms in total. The van der Waals surface area contributed by atoms with Crippen molar-refractivity contribution in [1.29, 1.82) is 0 Å². The van der Waals surface area contributed by atoms with Gasteiger partial charge in [0.2, 0.25) is 0 Å². The standard InChI is InChI=1S/C16H20N6/c1-2-3-12-9-16(22-15(19-12)6-7-18-22)20-13-4-5-14-11(8-13)10-17-21-14/h6-7,9-10,13,20H,2-5,8H2,1H3,(H,17,21)/t13-/m1/s1. The van der Waals surface area contributed by atoms with Gasteiger partial charge >= 0.3 is 0 Å². The molecule has 0 aliphatic heterocycles. The van der Waals surface area contributed by atoms with Crippen molar-refractivity contribution in [3.63, 3.8) is 0 Å². The van der Waals surface area contributed by atoms with Gasteiger partial charge in [-0.2, -0.15) is 14.7 Å². The first-order valence-corrected chi connectivity index (χ1v) is 7.95. The summed E-state index contributed by atoms with van der Waals surface area (Å²) in [4.78, 5) is 4.65. The van der Waals surface area contributed by atoms with Gasteiger partial charge in [-0.15, -0.1) is 0 Å². The predicted molar refractivity (Wildman–Crippen MR) is 85.0 cm³/mol. The summed E-state index contributed by atoms with van der Waals surface area (Å²) in [7, 11) is 0. The molecule has 0 saturated heterocycles. The number of aromatic nitrogens is 5. The first-order valence-electron chi connectivity index (χ1n) is 7.95. The first kappa shape index (κ1) is 13.3. The largest absolute Gasteiger partial charge is 0.367 e. The van der Waals surface area contributed by atoms with Gasteiger partial charge < -0.3 is 5.32 Å². The minimum absolute atomic E-state index is 0.411. The lowest BCUT2D eigenvalue weighted by atomic mass is 9.93. The Bertz CT molecular complexity index is 787. The second kappa shape index (κ2) is 5.44. The lowest BCUT2D eigenvalue weighted by Crippen LogP contribution is -2.28. The van der Waals surface area contributed by atoms with Crippen LogP contribution in [0.25, 0.3) is 5.65 Å². The van der Waals surface area contributed by atoms with E-state index in [2.05, 4.69) is 38.6 Å². The van der Waals surface area contributed by atoms with Gasteiger partial charge in [-0.3, -0.25) is 5.10 Å². The van der Waals surface area contributed by atoms with E-state index in [9.17, 15) is 0 Å². The Kier molecular flexibility index (Phi) is 3.29. The van der Waals surface area contributed by atoms with Crippen LogP contribution >= 0.6 is 0 Å². The Morgan fingerprint density at radius 2 is 2.41 bits per heavy atom. The molecule has 0 saturated carbocycles. The molecule has 1 atom stereocenters. The van der Waals surface area contributed by atoms with Crippen LogP contribution in [0.2, 0.25) is 0 Å². The summed E-state index contributed by atoms with van der Waals surface area (Å²) in [5, 5.41) is 15.3. The third-order valence-corrected chi connectivity index (χ3v) is 4.29. The maximum absolute atomic E-state index is 4.65. The molecule has 6 heteroatoms. The van der Waals surface area contributed by atoms with E-state index in [0.29, 0.717) is 6.04 Å². The molecule has 22 heavy (non-hydrogen) atoms. The normalized spacial score (nSPS) is 17.6. The number of nitrogens with zero attached hydrogens (tertiary/aromatic N) is 4. The smallest absolute Gasteiger partial charge is 0.157 e. The molecule has 0 bridgehead atoms. The van der Waals surface area contributed by atoms with Crippen molar-refractivity contribution in [1.82, 2.24) is 24.8 Å². The maximum atomic E-state index is 4.65. The number of aromatic amines is 1. The fourth-order valence-electron chi connectivity index (χ4n) is 3.20. The van der Waals surface area contributed by atoms with E-state index in [1.807, 2.05) is 16.8 Å². The number of anilines is 1. The van der Waals surface area contributed by atoms with Crippen LogP contribution in [-0.2, 0) is 19.3 Å². The van der Waals surface area contributed by atoms with Crippen LogP contribution in [0, 0.1) is 0 Å². The fraction of sp³-hybridized carbons (Fsp3) is 0.438. The Labute approximate surface area is 129 Å². The summed E-state index contributed by atoms with van der Waals surface area (Å²) < 4.78 is 1.89. The zero-order valence-corrected chi connectivity index (χ0v) is 12.7. The molecule has 3 aromatic heterocycles. The fourth-order valence-corrected chi connectivity index (χ4v) is 3.20. The molecule has 0 fully saturated rings. The molecular formula is C16H20N6. The molecule has 114 valence electrons. The molecule has 0 unspecified atom stereocenters. The van der Waals surface area contributed by atoms with Gasteiger partial charge in [0.1, 0.15) is 5.82 Å². The van der Waals surface area contributed by atoms with Crippen molar-refractivity contribution in [2.45, 2.75) is 45.1 Å². The minimum atomic E-state index is 0.411. The van der Waals surface area contributed by atoms with Crippen molar-refractivity contribution in [3.8, 4) is 0 Å². The highest BCUT2D eigenvalue weighted by Gasteiger charge is 2.21.